The molecule has 0 atom stereocenters. The smallest absolute Gasteiger partial charge is 0.227 e. The molecule has 2 fully saturated rings. The van der Waals surface area contributed by atoms with Gasteiger partial charge >= 0.3 is 0 Å². The maximum absolute atomic E-state index is 12.8. The summed E-state index contributed by atoms with van der Waals surface area (Å²) in [4.78, 5) is 26.4. The van der Waals surface area contributed by atoms with E-state index in [2.05, 4.69) is 31.2 Å². The predicted octanol–water partition coefficient (Wildman–Crippen LogP) is 2.90. The Morgan fingerprint density at radius 2 is 1.68 bits per heavy atom. The third-order valence-electron chi connectivity index (χ3n) is 5.83. The van der Waals surface area contributed by atoms with Gasteiger partial charge in [0.2, 0.25) is 5.91 Å². The average molecular weight is 444 g/mol. The molecule has 3 heterocycles. The molecule has 2 saturated heterocycles. The summed E-state index contributed by atoms with van der Waals surface area (Å²) in [6.07, 6.45) is 3.22. The lowest BCUT2D eigenvalue weighted by Crippen LogP contribution is -2.39. The SMILES string of the molecule is COc1ccc(NC(=O)C2CCN(c3cc(N4CCSCC4)ncn3)CC2)c(OC)c1. The molecule has 8 nitrogen and oxygen atoms in total. The number of benzene rings is 1. The zero-order valence-corrected chi connectivity index (χ0v) is 18.9. The van der Waals surface area contributed by atoms with E-state index in [4.69, 9.17) is 9.47 Å². The Morgan fingerprint density at radius 3 is 2.32 bits per heavy atom. The maximum Gasteiger partial charge on any atom is 0.227 e. The summed E-state index contributed by atoms with van der Waals surface area (Å²) < 4.78 is 10.6. The average Bonchev–Trinajstić information content (AvgIpc) is 2.85. The number of anilines is 3. The monoisotopic (exact) mass is 443 g/mol. The minimum atomic E-state index is -0.0384. The number of rotatable bonds is 6. The zero-order valence-electron chi connectivity index (χ0n) is 18.0. The van der Waals surface area contributed by atoms with Crippen LogP contribution in [0.25, 0.3) is 0 Å². The van der Waals surface area contributed by atoms with Gasteiger partial charge in [-0.3, -0.25) is 4.79 Å². The normalized spacial score (nSPS) is 17.4. The van der Waals surface area contributed by atoms with Crippen molar-refractivity contribution in [2.75, 3.05) is 67.0 Å². The molecule has 1 aromatic heterocycles. The number of thioether (sulfide) groups is 1. The van der Waals surface area contributed by atoms with Crippen LogP contribution in [0.3, 0.4) is 0 Å². The Labute approximate surface area is 187 Å². The Balaban J connectivity index is 1.35. The third-order valence-corrected chi connectivity index (χ3v) is 6.77. The van der Waals surface area contributed by atoms with Gasteiger partial charge in [0.1, 0.15) is 29.5 Å². The van der Waals surface area contributed by atoms with Crippen LogP contribution in [0.4, 0.5) is 17.3 Å². The van der Waals surface area contributed by atoms with E-state index in [0.717, 1.165) is 62.2 Å². The first-order valence-electron chi connectivity index (χ1n) is 10.6. The van der Waals surface area contributed by atoms with Gasteiger partial charge in [-0.15, -0.1) is 0 Å². The number of amides is 1. The first-order chi connectivity index (χ1) is 15.2. The van der Waals surface area contributed by atoms with Gasteiger partial charge in [0.15, 0.2) is 0 Å². The maximum atomic E-state index is 12.8. The molecule has 2 aliphatic rings. The van der Waals surface area contributed by atoms with E-state index in [1.54, 1.807) is 26.6 Å². The summed E-state index contributed by atoms with van der Waals surface area (Å²) in [7, 11) is 3.19. The van der Waals surface area contributed by atoms with E-state index >= 15 is 0 Å². The third kappa shape index (κ3) is 5.15. The number of carbonyl (C=O) groups excluding carboxylic acids is 1. The number of ether oxygens (including phenoxy) is 2. The fraction of sp³-hybridized carbons (Fsp3) is 0.500. The van der Waals surface area contributed by atoms with E-state index in [-0.39, 0.29) is 11.8 Å². The molecule has 1 aromatic carbocycles. The van der Waals surface area contributed by atoms with Gasteiger partial charge in [-0.1, -0.05) is 0 Å². The highest BCUT2D eigenvalue weighted by Gasteiger charge is 2.27. The van der Waals surface area contributed by atoms with Crippen molar-refractivity contribution in [3.8, 4) is 11.5 Å². The standard InChI is InChI=1S/C22H29N5O3S/c1-29-17-3-4-18(19(13-17)30-2)25-22(28)16-5-7-26(8-6-16)20-14-21(24-15-23-20)27-9-11-31-12-10-27/h3-4,13-16H,5-12H2,1-2H3,(H,25,28). The molecule has 0 saturated carbocycles. The Kier molecular flexibility index (Phi) is 7.01. The van der Waals surface area contributed by atoms with Crippen molar-refractivity contribution in [3.63, 3.8) is 0 Å². The second kappa shape index (κ2) is 10.1. The summed E-state index contributed by atoms with van der Waals surface area (Å²) in [6.45, 7) is 3.64. The Hall–Kier alpha value is -2.68. The quantitative estimate of drug-likeness (QED) is 0.730. The molecule has 2 aliphatic heterocycles. The van der Waals surface area contributed by atoms with Gasteiger partial charge in [-0.05, 0) is 25.0 Å². The lowest BCUT2D eigenvalue weighted by atomic mass is 9.95. The highest BCUT2D eigenvalue weighted by molar-refractivity contribution is 7.99. The lowest BCUT2D eigenvalue weighted by molar-refractivity contribution is -0.120. The first kappa shape index (κ1) is 21.5. The topological polar surface area (TPSA) is 79.8 Å². The Morgan fingerprint density at radius 1 is 1.00 bits per heavy atom. The van der Waals surface area contributed by atoms with Gasteiger partial charge < -0.3 is 24.6 Å². The van der Waals surface area contributed by atoms with Crippen molar-refractivity contribution in [3.05, 3.63) is 30.6 Å². The largest absolute Gasteiger partial charge is 0.497 e. The van der Waals surface area contributed by atoms with Gasteiger partial charge in [0.05, 0.1) is 19.9 Å². The summed E-state index contributed by atoms with van der Waals surface area (Å²) >= 11 is 1.99. The van der Waals surface area contributed by atoms with Crippen LogP contribution < -0.4 is 24.6 Å². The lowest BCUT2D eigenvalue weighted by Gasteiger charge is -2.33. The molecule has 0 spiro atoms. The highest BCUT2D eigenvalue weighted by Crippen LogP contribution is 2.31. The molecular weight excluding hydrogens is 414 g/mol. The van der Waals surface area contributed by atoms with Crippen molar-refractivity contribution in [1.29, 1.82) is 0 Å². The van der Waals surface area contributed by atoms with E-state index in [0.29, 0.717) is 17.2 Å². The summed E-state index contributed by atoms with van der Waals surface area (Å²) in [5.74, 6) is 5.49. The minimum Gasteiger partial charge on any atom is -0.497 e. The number of carbonyl (C=O) groups is 1. The Bertz CT molecular complexity index is 898. The highest BCUT2D eigenvalue weighted by atomic mass is 32.2. The summed E-state index contributed by atoms with van der Waals surface area (Å²) in [5, 5.41) is 3.02. The second-order valence-corrected chi connectivity index (χ2v) is 8.88. The van der Waals surface area contributed by atoms with E-state index in [1.165, 1.54) is 0 Å². The fourth-order valence-corrected chi connectivity index (χ4v) is 4.89. The second-order valence-electron chi connectivity index (χ2n) is 7.65. The van der Waals surface area contributed by atoms with Crippen LogP contribution in [0, 0.1) is 5.92 Å². The first-order valence-corrected chi connectivity index (χ1v) is 11.8. The fourth-order valence-electron chi connectivity index (χ4n) is 3.98. The van der Waals surface area contributed by atoms with Crippen LogP contribution in [0.5, 0.6) is 11.5 Å². The van der Waals surface area contributed by atoms with Crippen molar-refractivity contribution >= 4 is 35.0 Å². The molecular formula is C22H29N5O3S. The van der Waals surface area contributed by atoms with Crippen molar-refractivity contribution in [1.82, 2.24) is 9.97 Å². The number of nitrogens with zero attached hydrogens (tertiary/aromatic N) is 4. The van der Waals surface area contributed by atoms with E-state index in [9.17, 15) is 4.79 Å². The number of nitrogens with one attached hydrogen (secondary N) is 1. The van der Waals surface area contributed by atoms with Crippen molar-refractivity contribution in [2.45, 2.75) is 12.8 Å². The van der Waals surface area contributed by atoms with Crippen LogP contribution in [0.2, 0.25) is 0 Å². The van der Waals surface area contributed by atoms with Gasteiger partial charge in [0.25, 0.3) is 0 Å². The molecule has 31 heavy (non-hydrogen) atoms. The summed E-state index contributed by atoms with van der Waals surface area (Å²) in [5.41, 5.74) is 0.663. The molecule has 1 amide bonds. The van der Waals surface area contributed by atoms with E-state index < -0.39 is 0 Å². The van der Waals surface area contributed by atoms with Crippen molar-refractivity contribution < 1.29 is 14.3 Å². The van der Waals surface area contributed by atoms with Crippen molar-refractivity contribution in [2.24, 2.45) is 5.92 Å². The number of methoxy groups -OCH3 is 2. The number of hydrogen-bond donors (Lipinski definition) is 1. The molecule has 0 bridgehead atoms. The van der Waals surface area contributed by atoms with Crippen LogP contribution in [0.15, 0.2) is 30.6 Å². The molecule has 2 aromatic rings. The summed E-state index contributed by atoms with van der Waals surface area (Å²) in [6, 6.07) is 7.48. The predicted molar refractivity (Wildman–Crippen MR) is 125 cm³/mol. The van der Waals surface area contributed by atoms with Gasteiger partial charge in [0, 0.05) is 55.7 Å². The molecule has 1 N–H and O–H groups in total. The van der Waals surface area contributed by atoms with E-state index in [1.807, 2.05) is 23.9 Å². The molecule has 9 heteroatoms. The number of piperidine rings is 1. The minimum absolute atomic E-state index is 0.0253. The molecule has 0 radical (unpaired) electrons. The van der Waals surface area contributed by atoms with Crippen LogP contribution >= 0.6 is 11.8 Å². The van der Waals surface area contributed by atoms with Crippen LogP contribution in [-0.2, 0) is 4.79 Å². The van der Waals surface area contributed by atoms with Crippen LogP contribution in [-0.4, -0.2) is 67.8 Å². The number of aromatic nitrogens is 2. The molecule has 0 aliphatic carbocycles. The molecule has 166 valence electrons. The number of hydrogen-bond acceptors (Lipinski definition) is 8. The van der Waals surface area contributed by atoms with Gasteiger partial charge in [-0.25, -0.2) is 9.97 Å². The van der Waals surface area contributed by atoms with Crippen LogP contribution in [0.1, 0.15) is 12.8 Å². The molecule has 4 rings (SSSR count). The molecule has 0 unspecified atom stereocenters. The van der Waals surface area contributed by atoms with Gasteiger partial charge in [-0.2, -0.15) is 11.8 Å². The zero-order chi connectivity index (χ0) is 21.6.